The van der Waals surface area contributed by atoms with Crippen molar-refractivity contribution in [1.29, 1.82) is 0 Å². The summed E-state index contributed by atoms with van der Waals surface area (Å²) in [6.45, 7) is 13.7. The number of rotatable bonds is 8. The van der Waals surface area contributed by atoms with Crippen LogP contribution in [0.4, 0.5) is 17.1 Å². The molecule has 10 aromatic carbocycles. The normalized spacial score (nSPS) is 16.5. The molecule has 0 fully saturated rings. The molecule has 12 rings (SSSR count). The Hall–Kier alpha value is -8.00. The number of nitrogens with zero attached hydrogens (tertiary/aromatic N) is 1. The van der Waals surface area contributed by atoms with E-state index in [1.165, 1.54) is 100 Å². The van der Waals surface area contributed by atoms with Gasteiger partial charge in [0.1, 0.15) is 0 Å². The number of hydrogen-bond acceptors (Lipinski definition) is 1. The minimum atomic E-state index is -0.583. The molecule has 1 nitrogen and oxygen atoms in total. The van der Waals surface area contributed by atoms with Gasteiger partial charge in [0.2, 0.25) is 0 Å². The third-order valence-corrected chi connectivity index (χ3v) is 15.5. The largest absolute Gasteiger partial charge is 0.310 e. The number of aryl methyl sites for hydroxylation is 2. The van der Waals surface area contributed by atoms with Gasteiger partial charge in [0.05, 0.1) is 10.8 Å². The van der Waals surface area contributed by atoms with E-state index in [0.717, 1.165) is 17.1 Å². The molecule has 0 bridgehead atoms. The first-order valence-corrected chi connectivity index (χ1v) is 24.8. The van der Waals surface area contributed by atoms with Crippen LogP contribution in [0, 0.1) is 20.8 Å². The van der Waals surface area contributed by atoms with E-state index >= 15 is 0 Å². The zero-order valence-corrected chi connectivity index (χ0v) is 41.0. The highest BCUT2D eigenvalue weighted by molar-refractivity contribution is 5.93. The molecule has 0 aromatic heterocycles. The lowest BCUT2D eigenvalue weighted by Gasteiger charge is -2.36. The van der Waals surface area contributed by atoms with Crippen molar-refractivity contribution in [3.63, 3.8) is 0 Å². The molecule has 10 aromatic rings. The Kier molecular flexibility index (Phi) is 10.3. The molecule has 0 amide bonds. The van der Waals surface area contributed by atoms with Crippen molar-refractivity contribution < 1.29 is 0 Å². The van der Waals surface area contributed by atoms with Crippen molar-refractivity contribution in [2.75, 3.05) is 4.90 Å². The summed E-state index contributed by atoms with van der Waals surface area (Å²) in [5, 5.41) is 0. The second kappa shape index (κ2) is 16.6. The van der Waals surface area contributed by atoms with E-state index in [2.05, 4.69) is 283 Å². The van der Waals surface area contributed by atoms with Gasteiger partial charge < -0.3 is 4.90 Å². The van der Waals surface area contributed by atoms with E-state index < -0.39 is 10.8 Å². The Morgan fingerprint density at radius 2 is 0.786 bits per heavy atom. The summed E-state index contributed by atoms with van der Waals surface area (Å²) in [5.74, 6) is 0. The van der Waals surface area contributed by atoms with E-state index in [4.69, 9.17) is 0 Å². The fourth-order valence-corrected chi connectivity index (χ4v) is 12.2. The third kappa shape index (κ3) is 6.59. The Morgan fingerprint density at radius 3 is 1.33 bits per heavy atom. The maximum Gasteiger partial charge on any atom is 0.0714 e. The monoisotopic (exact) mass is 899 g/mol. The van der Waals surface area contributed by atoms with Crippen LogP contribution in [0.15, 0.2) is 237 Å². The first-order chi connectivity index (χ1) is 34.1. The van der Waals surface area contributed by atoms with Crippen molar-refractivity contribution in [1.82, 2.24) is 0 Å². The predicted molar refractivity (Wildman–Crippen MR) is 294 cm³/mol. The van der Waals surface area contributed by atoms with E-state index in [1.807, 2.05) is 0 Å². The highest BCUT2D eigenvalue weighted by Gasteiger charge is 2.48. The molecule has 1 heteroatoms. The Balaban J connectivity index is 1.17. The van der Waals surface area contributed by atoms with Gasteiger partial charge >= 0.3 is 0 Å². The zero-order valence-electron chi connectivity index (χ0n) is 41.0. The predicted octanol–water partition coefficient (Wildman–Crippen LogP) is 17.8. The lowest BCUT2D eigenvalue weighted by Crippen LogP contribution is -2.29. The van der Waals surface area contributed by atoms with Crippen LogP contribution in [0.2, 0.25) is 0 Å². The summed E-state index contributed by atoms with van der Waals surface area (Å²) >= 11 is 0. The lowest BCUT2D eigenvalue weighted by molar-refractivity contribution is 0.587. The highest BCUT2D eigenvalue weighted by atomic mass is 15.1. The van der Waals surface area contributed by atoms with Crippen LogP contribution >= 0.6 is 0 Å². The van der Waals surface area contributed by atoms with Crippen LogP contribution in [0.1, 0.15) is 87.5 Å². The van der Waals surface area contributed by atoms with Gasteiger partial charge in [-0.3, -0.25) is 0 Å². The molecule has 2 aliphatic carbocycles. The van der Waals surface area contributed by atoms with Crippen molar-refractivity contribution >= 4 is 17.1 Å². The van der Waals surface area contributed by atoms with Crippen LogP contribution in [0.25, 0.3) is 33.4 Å². The number of benzene rings is 10. The van der Waals surface area contributed by atoms with Crippen molar-refractivity contribution in [3.8, 4) is 33.4 Å². The van der Waals surface area contributed by atoms with Gasteiger partial charge in [0.15, 0.2) is 0 Å². The van der Waals surface area contributed by atoms with Crippen LogP contribution < -0.4 is 4.90 Å². The van der Waals surface area contributed by atoms with E-state index in [-0.39, 0.29) is 5.41 Å². The third-order valence-electron chi connectivity index (χ3n) is 15.5. The van der Waals surface area contributed by atoms with Crippen LogP contribution in [-0.2, 0) is 16.2 Å². The summed E-state index contributed by atoms with van der Waals surface area (Å²) < 4.78 is 0. The summed E-state index contributed by atoms with van der Waals surface area (Å²) in [5.41, 5.74) is 25.0. The second-order valence-corrected chi connectivity index (χ2v) is 20.6. The van der Waals surface area contributed by atoms with Crippen molar-refractivity contribution in [3.05, 3.63) is 303 Å². The molecule has 0 heterocycles. The average molecular weight is 900 g/mol. The summed E-state index contributed by atoms with van der Waals surface area (Å²) in [6, 6.07) is 89.5. The summed E-state index contributed by atoms with van der Waals surface area (Å²) in [7, 11) is 0. The fraction of sp³-hybridized carbons (Fsp3) is 0.130. The van der Waals surface area contributed by atoms with Gasteiger partial charge in [0.25, 0.3) is 0 Å². The molecule has 2 atom stereocenters. The molecule has 0 N–H and O–H groups in total. The summed E-state index contributed by atoms with van der Waals surface area (Å²) in [6.07, 6.45) is 0. The Labute approximate surface area is 414 Å². The molecule has 2 unspecified atom stereocenters. The molecule has 0 aliphatic heterocycles. The topological polar surface area (TPSA) is 3.24 Å². The molecule has 0 radical (unpaired) electrons. The van der Waals surface area contributed by atoms with Crippen LogP contribution in [0.3, 0.4) is 0 Å². The molecular formula is C69H57N. The van der Waals surface area contributed by atoms with Crippen molar-refractivity contribution in [2.24, 2.45) is 0 Å². The van der Waals surface area contributed by atoms with E-state index in [0.29, 0.717) is 0 Å². The van der Waals surface area contributed by atoms with Crippen molar-refractivity contribution in [2.45, 2.75) is 57.8 Å². The first-order valence-electron chi connectivity index (χ1n) is 24.8. The molecule has 0 saturated heterocycles. The van der Waals surface area contributed by atoms with Crippen LogP contribution in [-0.4, -0.2) is 0 Å². The minimum absolute atomic E-state index is 0.0343. The lowest BCUT2D eigenvalue weighted by atomic mass is 9.66. The van der Waals surface area contributed by atoms with Gasteiger partial charge in [-0.15, -0.1) is 0 Å². The van der Waals surface area contributed by atoms with E-state index in [9.17, 15) is 0 Å². The number of hydrogen-bond donors (Lipinski definition) is 0. The van der Waals surface area contributed by atoms with E-state index in [1.54, 1.807) is 0 Å². The van der Waals surface area contributed by atoms with Gasteiger partial charge in [-0.1, -0.05) is 233 Å². The molecule has 0 saturated carbocycles. The summed E-state index contributed by atoms with van der Waals surface area (Å²) in [4.78, 5) is 2.56. The molecule has 2 aliphatic rings. The smallest absolute Gasteiger partial charge is 0.0714 e. The minimum Gasteiger partial charge on any atom is -0.310 e. The maximum absolute atomic E-state index is 2.56. The first kappa shape index (κ1) is 43.3. The Bertz CT molecular complexity index is 3600. The molecular weight excluding hydrogens is 843 g/mol. The maximum atomic E-state index is 2.56. The fourth-order valence-electron chi connectivity index (χ4n) is 12.2. The quantitative estimate of drug-likeness (QED) is 0.147. The molecule has 0 spiro atoms. The standard InChI is InChI=1S/C69H57N/c1-46-33-35-52(36-34-46)68(50-23-12-8-13-24-50)62-31-18-16-29-57(62)59-39-37-55(44-64(59)68)70(66-42-47(2)41-61(48(66)3)49-21-10-7-11-22-49)56-38-40-60-58-30-17-19-32-63(58)69(65(60)45-56,51-25-14-9-15-26-51)54-28-20-27-53(43-54)67(4,5)6/h7-45H,1-6H3. The SMILES string of the molecule is Cc1ccc(C2(c3ccccc3)c3ccccc3-c3ccc(N(c4ccc5c(c4)C(c4ccccc4)(c4cccc(C(C)(C)C)c4)c4ccccc4-5)c4cc(C)cc(-c5ccccc5)c4C)cc32)cc1. The van der Waals surface area contributed by atoms with Gasteiger partial charge in [-0.05, 0) is 151 Å². The average Bonchev–Trinajstić information content (AvgIpc) is 3.86. The number of fused-ring (bicyclic) bond motifs is 6. The Morgan fingerprint density at radius 1 is 0.329 bits per heavy atom. The zero-order chi connectivity index (χ0) is 47.8. The van der Waals surface area contributed by atoms with Gasteiger partial charge in [0, 0.05) is 17.1 Å². The van der Waals surface area contributed by atoms with Gasteiger partial charge in [-0.25, -0.2) is 0 Å². The molecule has 338 valence electrons. The molecule has 70 heavy (non-hydrogen) atoms. The van der Waals surface area contributed by atoms with Gasteiger partial charge in [-0.2, -0.15) is 0 Å². The highest BCUT2D eigenvalue weighted by Crippen LogP contribution is 2.60. The van der Waals surface area contributed by atoms with Crippen LogP contribution in [0.5, 0.6) is 0 Å². The second-order valence-electron chi connectivity index (χ2n) is 20.6. The number of anilines is 3.